The third kappa shape index (κ3) is 3.56. The van der Waals surface area contributed by atoms with Gasteiger partial charge < -0.3 is 9.55 Å². The summed E-state index contributed by atoms with van der Waals surface area (Å²) < 4.78 is 2.20. The largest absolute Gasteiger partial charge is 0.338 e. The number of ketones is 1. The summed E-state index contributed by atoms with van der Waals surface area (Å²) in [6, 6.07) is 29.5. The van der Waals surface area contributed by atoms with Gasteiger partial charge >= 0.3 is 0 Å². The number of aromatic amines is 1. The molecule has 0 radical (unpaired) electrons. The highest BCUT2D eigenvalue weighted by Crippen LogP contribution is 2.27. The molecule has 0 aliphatic heterocycles. The number of nitrogens with one attached hydrogen (secondary N) is 1. The Bertz CT molecular complexity index is 1410. The van der Waals surface area contributed by atoms with E-state index in [1.165, 1.54) is 0 Å². The van der Waals surface area contributed by atoms with Crippen LogP contribution < -0.4 is 0 Å². The van der Waals surface area contributed by atoms with Crippen molar-refractivity contribution >= 4 is 28.5 Å². The van der Waals surface area contributed by atoms with Crippen molar-refractivity contribution < 1.29 is 4.79 Å². The monoisotopic (exact) mass is 417 g/mol. The van der Waals surface area contributed by atoms with Crippen LogP contribution in [-0.2, 0) is 0 Å². The van der Waals surface area contributed by atoms with Crippen molar-refractivity contribution in [2.45, 2.75) is 13.8 Å². The lowest BCUT2D eigenvalue weighted by atomic mass is 10.0. The van der Waals surface area contributed by atoms with Gasteiger partial charge in [-0.2, -0.15) is 0 Å². The Hall–Kier alpha value is -4.18. The number of allylic oxidation sites excluding steroid dienone is 1. The summed E-state index contributed by atoms with van der Waals surface area (Å²) in [4.78, 5) is 21.6. The highest BCUT2D eigenvalue weighted by atomic mass is 16.1. The number of aryl methyl sites for hydroxylation is 1. The third-order valence-electron chi connectivity index (χ3n) is 5.71. The van der Waals surface area contributed by atoms with Gasteiger partial charge in [0.05, 0.1) is 16.6 Å². The van der Waals surface area contributed by atoms with Crippen LogP contribution in [-0.4, -0.2) is 20.3 Å². The number of rotatable bonds is 5. The van der Waals surface area contributed by atoms with Crippen LogP contribution in [0.15, 0.2) is 91.0 Å². The minimum atomic E-state index is -0.0610. The summed E-state index contributed by atoms with van der Waals surface area (Å²) in [5.74, 6) is 0.513. The van der Waals surface area contributed by atoms with Crippen LogP contribution in [0.2, 0.25) is 0 Å². The normalized spacial score (nSPS) is 11.8. The second-order valence-electron chi connectivity index (χ2n) is 7.85. The Kier molecular flexibility index (Phi) is 5.04. The fraction of sp³-hybridized carbons (Fsp3) is 0.0714. The summed E-state index contributed by atoms with van der Waals surface area (Å²) in [6.07, 6.45) is 1.95. The Morgan fingerprint density at radius 1 is 0.875 bits per heavy atom. The molecule has 0 atom stereocenters. The van der Waals surface area contributed by atoms with E-state index >= 15 is 0 Å². The van der Waals surface area contributed by atoms with Crippen molar-refractivity contribution in [2.75, 3.05) is 0 Å². The van der Waals surface area contributed by atoms with E-state index in [4.69, 9.17) is 4.98 Å². The summed E-state index contributed by atoms with van der Waals surface area (Å²) in [6.45, 7) is 4.16. The molecule has 32 heavy (non-hydrogen) atoms. The molecule has 4 nitrogen and oxygen atoms in total. The molecule has 0 saturated carbocycles. The van der Waals surface area contributed by atoms with E-state index in [1.807, 2.05) is 78.9 Å². The maximum Gasteiger partial charge on any atom is 0.196 e. The standard InChI is InChI=1S/C28H23N3O/c1-19-17-22(20(2)31(19)23-13-7-4-8-14-23)18-24(27(32)21-11-5-3-6-12-21)28-29-25-15-9-10-16-26(25)30-28/h3-18H,1-2H3,(H,29,30)/b24-18+. The quantitative estimate of drug-likeness (QED) is 0.266. The number of benzene rings is 3. The lowest BCUT2D eigenvalue weighted by Crippen LogP contribution is -2.04. The van der Waals surface area contributed by atoms with Gasteiger partial charge in [0.15, 0.2) is 5.78 Å². The number of hydrogen-bond acceptors (Lipinski definition) is 2. The first kappa shape index (κ1) is 19.8. The topological polar surface area (TPSA) is 50.7 Å². The van der Waals surface area contributed by atoms with E-state index in [2.05, 4.69) is 41.6 Å². The van der Waals surface area contributed by atoms with Crippen LogP contribution in [0.1, 0.15) is 33.1 Å². The van der Waals surface area contributed by atoms with Crippen molar-refractivity contribution in [2.24, 2.45) is 0 Å². The smallest absolute Gasteiger partial charge is 0.196 e. The second kappa shape index (κ2) is 8.16. The molecule has 0 saturated heterocycles. The Balaban J connectivity index is 1.68. The molecule has 0 fully saturated rings. The lowest BCUT2D eigenvalue weighted by Gasteiger charge is -2.09. The molecular formula is C28H23N3O. The Morgan fingerprint density at radius 2 is 1.53 bits per heavy atom. The zero-order valence-electron chi connectivity index (χ0n) is 18.0. The molecule has 0 amide bonds. The molecule has 0 unspecified atom stereocenters. The van der Waals surface area contributed by atoms with E-state index < -0.39 is 0 Å². The number of imidazole rings is 1. The number of Topliss-reactive ketones (excluding diaryl/α,β-unsaturated/α-hetero) is 1. The number of para-hydroxylation sites is 3. The van der Waals surface area contributed by atoms with Gasteiger partial charge in [-0.1, -0.05) is 60.7 Å². The van der Waals surface area contributed by atoms with Crippen molar-refractivity contribution in [3.05, 3.63) is 119 Å². The van der Waals surface area contributed by atoms with E-state index in [1.54, 1.807) is 0 Å². The van der Waals surface area contributed by atoms with Gasteiger partial charge in [0.2, 0.25) is 0 Å². The average molecular weight is 418 g/mol. The summed E-state index contributed by atoms with van der Waals surface area (Å²) in [7, 11) is 0. The van der Waals surface area contributed by atoms with Crippen molar-refractivity contribution in [3.63, 3.8) is 0 Å². The molecule has 5 aromatic rings. The first-order chi connectivity index (χ1) is 15.6. The van der Waals surface area contributed by atoms with Crippen LogP contribution in [0.3, 0.4) is 0 Å². The highest BCUT2D eigenvalue weighted by Gasteiger charge is 2.19. The first-order valence-corrected chi connectivity index (χ1v) is 10.6. The van der Waals surface area contributed by atoms with Gasteiger partial charge in [-0.05, 0) is 55.8 Å². The fourth-order valence-electron chi connectivity index (χ4n) is 4.13. The molecule has 4 heteroatoms. The minimum absolute atomic E-state index is 0.0610. The van der Waals surface area contributed by atoms with Crippen LogP contribution >= 0.6 is 0 Å². The molecule has 2 aromatic heterocycles. The molecule has 0 aliphatic carbocycles. The van der Waals surface area contributed by atoms with Gasteiger partial charge in [0.25, 0.3) is 0 Å². The van der Waals surface area contributed by atoms with Gasteiger partial charge in [-0.25, -0.2) is 4.98 Å². The minimum Gasteiger partial charge on any atom is -0.338 e. The molecule has 3 aromatic carbocycles. The predicted molar refractivity (Wildman–Crippen MR) is 130 cm³/mol. The number of H-pyrrole nitrogens is 1. The Morgan fingerprint density at radius 3 is 2.25 bits per heavy atom. The molecule has 2 heterocycles. The van der Waals surface area contributed by atoms with Crippen LogP contribution in [0.25, 0.3) is 28.4 Å². The third-order valence-corrected chi connectivity index (χ3v) is 5.71. The van der Waals surface area contributed by atoms with Gasteiger partial charge in [0, 0.05) is 22.6 Å². The summed E-state index contributed by atoms with van der Waals surface area (Å²) in [5.41, 5.74) is 7.19. The van der Waals surface area contributed by atoms with Crippen molar-refractivity contribution in [1.29, 1.82) is 0 Å². The number of aromatic nitrogens is 3. The van der Waals surface area contributed by atoms with Crippen LogP contribution in [0, 0.1) is 13.8 Å². The predicted octanol–water partition coefficient (Wildman–Crippen LogP) is 6.39. The van der Waals surface area contributed by atoms with Crippen LogP contribution in [0.4, 0.5) is 0 Å². The van der Waals surface area contributed by atoms with Crippen LogP contribution in [0.5, 0.6) is 0 Å². The van der Waals surface area contributed by atoms with Gasteiger partial charge in [0.1, 0.15) is 5.82 Å². The zero-order valence-corrected chi connectivity index (χ0v) is 18.0. The van der Waals surface area contributed by atoms with Crippen molar-refractivity contribution in [3.8, 4) is 5.69 Å². The summed E-state index contributed by atoms with van der Waals surface area (Å²) in [5, 5.41) is 0. The lowest BCUT2D eigenvalue weighted by molar-refractivity contribution is 0.105. The molecule has 0 aliphatic rings. The van der Waals surface area contributed by atoms with Gasteiger partial charge in [-0.15, -0.1) is 0 Å². The van der Waals surface area contributed by atoms with E-state index in [-0.39, 0.29) is 5.78 Å². The Labute approximate surface area is 186 Å². The SMILES string of the molecule is Cc1cc(/C=C(\C(=O)c2ccccc2)c2nc3ccccc3[nH]2)c(C)n1-c1ccccc1. The second-order valence-corrected chi connectivity index (χ2v) is 7.85. The first-order valence-electron chi connectivity index (χ1n) is 10.6. The van der Waals surface area contributed by atoms with E-state index in [0.29, 0.717) is 17.0 Å². The molecule has 0 spiro atoms. The van der Waals surface area contributed by atoms with E-state index in [9.17, 15) is 4.79 Å². The van der Waals surface area contributed by atoms with Gasteiger partial charge in [-0.3, -0.25) is 4.79 Å². The maximum absolute atomic E-state index is 13.6. The van der Waals surface area contributed by atoms with E-state index in [0.717, 1.165) is 33.7 Å². The number of nitrogens with zero attached hydrogens (tertiary/aromatic N) is 2. The number of fused-ring (bicyclic) bond motifs is 1. The molecule has 156 valence electrons. The average Bonchev–Trinajstić information content (AvgIpc) is 3.38. The molecule has 1 N–H and O–H groups in total. The fourth-order valence-corrected chi connectivity index (χ4v) is 4.13. The summed E-state index contributed by atoms with van der Waals surface area (Å²) >= 11 is 0. The number of carbonyl (C=O) groups is 1. The molecule has 5 rings (SSSR count). The zero-order chi connectivity index (χ0) is 22.1. The molecular weight excluding hydrogens is 394 g/mol. The highest BCUT2D eigenvalue weighted by molar-refractivity contribution is 6.32. The maximum atomic E-state index is 13.6. The number of hydrogen-bond donors (Lipinski definition) is 1. The molecule has 0 bridgehead atoms. The van der Waals surface area contributed by atoms with Crippen molar-refractivity contribution in [1.82, 2.24) is 14.5 Å². The number of carbonyl (C=O) groups excluding carboxylic acids is 1.